The number of hydrogen-bond donors (Lipinski definition) is 2. The Hall–Kier alpha value is -5.12. The van der Waals surface area contributed by atoms with Crippen LogP contribution < -0.4 is 10.6 Å². The number of amides is 3. The van der Waals surface area contributed by atoms with Gasteiger partial charge in [0, 0.05) is 31.2 Å². The average molecular weight is 656 g/mol. The van der Waals surface area contributed by atoms with E-state index in [2.05, 4.69) is 10.6 Å². The predicted molar refractivity (Wildman–Crippen MR) is 183 cm³/mol. The maximum absolute atomic E-state index is 13.2. The first-order valence-corrected chi connectivity index (χ1v) is 16.1. The van der Waals surface area contributed by atoms with Gasteiger partial charge >= 0.3 is 18.2 Å². The molecule has 48 heavy (non-hydrogen) atoms. The van der Waals surface area contributed by atoms with Crippen LogP contribution in [0.2, 0.25) is 0 Å². The van der Waals surface area contributed by atoms with Crippen LogP contribution in [0.5, 0.6) is 0 Å². The molecule has 1 aliphatic heterocycles. The van der Waals surface area contributed by atoms with Gasteiger partial charge in [-0.1, -0.05) is 72.3 Å². The number of carbonyl (C=O) groups excluding carboxylic acids is 4. The maximum atomic E-state index is 13.2. The van der Waals surface area contributed by atoms with Crippen LogP contribution in [-0.2, 0) is 32.2 Å². The highest BCUT2D eigenvalue weighted by Gasteiger charge is 2.30. The molecule has 3 amide bonds. The summed E-state index contributed by atoms with van der Waals surface area (Å²) in [5, 5.41) is 5.73. The molecule has 10 heteroatoms. The minimum absolute atomic E-state index is 0.184. The van der Waals surface area contributed by atoms with Crippen LogP contribution in [0.1, 0.15) is 62.0 Å². The highest BCUT2D eigenvalue weighted by Crippen LogP contribution is 2.24. The van der Waals surface area contributed by atoms with Gasteiger partial charge in [-0.05, 0) is 81.0 Å². The Morgan fingerprint density at radius 3 is 2.29 bits per heavy atom. The summed E-state index contributed by atoms with van der Waals surface area (Å²) < 4.78 is 15.9. The molecule has 4 rings (SSSR count). The Bertz CT molecular complexity index is 1600. The van der Waals surface area contributed by atoms with Crippen molar-refractivity contribution >= 4 is 24.1 Å². The van der Waals surface area contributed by atoms with Crippen LogP contribution in [0.3, 0.4) is 0 Å². The Balaban J connectivity index is 1.33. The molecular weight excluding hydrogens is 610 g/mol. The Kier molecular flexibility index (Phi) is 12.4. The first-order valence-electron chi connectivity index (χ1n) is 16.1. The predicted octanol–water partition coefficient (Wildman–Crippen LogP) is 6.64. The van der Waals surface area contributed by atoms with Gasteiger partial charge in [-0.25, -0.2) is 9.59 Å². The zero-order valence-corrected chi connectivity index (χ0v) is 28.3. The molecule has 3 aromatic carbocycles. The molecule has 0 saturated heterocycles. The van der Waals surface area contributed by atoms with Crippen LogP contribution in [0.25, 0.3) is 11.1 Å². The van der Waals surface area contributed by atoms with E-state index < -0.39 is 35.7 Å². The monoisotopic (exact) mass is 655 g/mol. The van der Waals surface area contributed by atoms with Crippen molar-refractivity contribution in [2.45, 2.75) is 65.3 Å². The van der Waals surface area contributed by atoms with Gasteiger partial charge < -0.3 is 29.7 Å². The van der Waals surface area contributed by atoms with Crippen molar-refractivity contribution in [3.8, 4) is 11.1 Å². The van der Waals surface area contributed by atoms with Crippen LogP contribution in [0, 0.1) is 5.92 Å². The molecule has 0 fully saturated rings. The minimum atomic E-state index is -0.651. The number of nitrogens with one attached hydrogen (secondary N) is 2. The molecule has 0 saturated carbocycles. The van der Waals surface area contributed by atoms with Crippen molar-refractivity contribution < 1.29 is 33.4 Å². The lowest BCUT2D eigenvalue weighted by atomic mass is 9.91. The number of alkyl carbamates (subject to hydrolysis) is 1. The van der Waals surface area contributed by atoms with E-state index in [1.54, 1.807) is 24.0 Å². The van der Waals surface area contributed by atoms with Gasteiger partial charge in [0.15, 0.2) is 0 Å². The number of benzene rings is 3. The number of ether oxygens (including phenoxy) is 3. The van der Waals surface area contributed by atoms with Gasteiger partial charge in [0.1, 0.15) is 12.2 Å². The summed E-state index contributed by atoms with van der Waals surface area (Å²) in [7, 11) is 1.33. The topological polar surface area (TPSA) is 123 Å². The van der Waals surface area contributed by atoms with Gasteiger partial charge in [-0.3, -0.25) is 9.59 Å². The van der Waals surface area contributed by atoms with Crippen LogP contribution in [-0.4, -0.2) is 60.8 Å². The third-order valence-corrected chi connectivity index (χ3v) is 7.88. The maximum Gasteiger partial charge on any atom is 0.410 e. The van der Waals surface area contributed by atoms with Crippen LogP contribution in [0.4, 0.5) is 9.59 Å². The Morgan fingerprint density at radius 1 is 0.896 bits per heavy atom. The van der Waals surface area contributed by atoms with Crippen molar-refractivity contribution in [2.75, 3.05) is 20.2 Å². The summed E-state index contributed by atoms with van der Waals surface area (Å²) in [5.74, 6) is -1.41. The fourth-order valence-electron chi connectivity index (χ4n) is 5.38. The average Bonchev–Trinajstić information content (AvgIpc) is 3.08. The first-order chi connectivity index (χ1) is 22.9. The quantitative estimate of drug-likeness (QED) is 0.135. The lowest BCUT2D eigenvalue weighted by molar-refractivity contribution is -0.146. The number of carbonyl (C=O) groups is 4. The summed E-state index contributed by atoms with van der Waals surface area (Å²) in [6, 6.07) is 23.9. The number of rotatable bonds is 11. The summed E-state index contributed by atoms with van der Waals surface area (Å²) >= 11 is 0. The molecule has 0 aliphatic carbocycles. The van der Waals surface area contributed by atoms with Gasteiger partial charge in [0.05, 0.1) is 13.0 Å². The molecule has 2 atom stereocenters. The van der Waals surface area contributed by atoms with E-state index in [0.717, 1.165) is 27.8 Å². The second kappa shape index (κ2) is 16.6. The summed E-state index contributed by atoms with van der Waals surface area (Å²) in [4.78, 5) is 52.5. The van der Waals surface area contributed by atoms with Crippen molar-refractivity contribution in [1.82, 2.24) is 15.5 Å². The standard InChI is InChI=1S/C38H45N3O7/c1-26(33(35(43)46-5)22-29-14-10-20-41(24-29)37(45)47-25-27-11-7-6-8-12-27)40-34(42)31-18-16-30(17-19-31)32-15-9-13-28(21-32)23-39-36(44)48-38(2,3)4/h6-9,11-19,21,26,33H,10,20,22-25H2,1-5H3,(H,39,44)(H,40,42)/t26-,33-/m1/s1. The van der Waals surface area contributed by atoms with E-state index in [-0.39, 0.29) is 12.5 Å². The molecule has 0 radical (unpaired) electrons. The molecule has 0 spiro atoms. The fourth-order valence-corrected chi connectivity index (χ4v) is 5.38. The second-order valence-corrected chi connectivity index (χ2v) is 12.8. The molecule has 1 heterocycles. The lowest BCUT2D eigenvalue weighted by Gasteiger charge is -2.30. The largest absolute Gasteiger partial charge is 0.469 e. The normalized spacial score (nSPS) is 14.2. The Labute approximate surface area is 282 Å². The van der Waals surface area contributed by atoms with E-state index in [4.69, 9.17) is 14.2 Å². The molecule has 0 aromatic heterocycles. The number of nitrogens with zero attached hydrogens (tertiary/aromatic N) is 1. The van der Waals surface area contributed by atoms with Gasteiger partial charge in [-0.2, -0.15) is 0 Å². The molecule has 10 nitrogen and oxygen atoms in total. The molecule has 0 unspecified atom stereocenters. The van der Waals surface area contributed by atoms with Crippen LogP contribution >= 0.6 is 0 Å². The molecule has 2 N–H and O–H groups in total. The molecular formula is C38H45N3O7. The summed E-state index contributed by atoms with van der Waals surface area (Å²) in [6.45, 7) is 8.57. The third kappa shape index (κ3) is 10.7. The smallest absolute Gasteiger partial charge is 0.410 e. The molecule has 1 aliphatic rings. The van der Waals surface area contributed by atoms with E-state index in [1.165, 1.54) is 7.11 Å². The van der Waals surface area contributed by atoms with Gasteiger partial charge in [0.25, 0.3) is 5.91 Å². The van der Waals surface area contributed by atoms with Crippen LogP contribution in [0.15, 0.2) is 90.5 Å². The summed E-state index contributed by atoms with van der Waals surface area (Å²) in [5.41, 5.74) is 4.42. The van der Waals surface area contributed by atoms with E-state index in [9.17, 15) is 19.2 Å². The van der Waals surface area contributed by atoms with Crippen molar-refractivity contribution in [3.05, 3.63) is 107 Å². The highest BCUT2D eigenvalue weighted by molar-refractivity contribution is 5.95. The lowest BCUT2D eigenvalue weighted by Crippen LogP contribution is -2.43. The number of esters is 1. The molecule has 254 valence electrons. The van der Waals surface area contributed by atoms with Gasteiger partial charge in [-0.15, -0.1) is 0 Å². The van der Waals surface area contributed by atoms with E-state index in [0.29, 0.717) is 38.0 Å². The summed E-state index contributed by atoms with van der Waals surface area (Å²) in [6.07, 6.45) is 2.11. The molecule has 0 bridgehead atoms. The number of hydrogen-bond acceptors (Lipinski definition) is 7. The number of methoxy groups -OCH3 is 1. The van der Waals surface area contributed by atoms with Crippen molar-refractivity contribution in [3.63, 3.8) is 0 Å². The second-order valence-electron chi connectivity index (χ2n) is 12.8. The minimum Gasteiger partial charge on any atom is -0.469 e. The first kappa shape index (κ1) is 35.7. The van der Waals surface area contributed by atoms with Crippen molar-refractivity contribution in [1.29, 1.82) is 0 Å². The van der Waals surface area contributed by atoms with Gasteiger partial charge in [0.2, 0.25) is 0 Å². The molecule has 3 aromatic rings. The third-order valence-electron chi connectivity index (χ3n) is 7.88. The van der Waals surface area contributed by atoms with E-state index in [1.807, 2.05) is 93.6 Å². The van der Waals surface area contributed by atoms with E-state index >= 15 is 0 Å². The highest BCUT2D eigenvalue weighted by atomic mass is 16.6. The zero-order valence-electron chi connectivity index (χ0n) is 28.3. The Morgan fingerprint density at radius 2 is 1.60 bits per heavy atom. The van der Waals surface area contributed by atoms with Crippen molar-refractivity contribution in [2.24, 2.45) is 5.92 Å². The SMILES string of the molecule is COC(=O)[C@H](CC1=CCCN(C(=O)OCc2ccccc2)C1)[C@@H](C)NC(=O)c1ccc(-c2cccc(CNC(=O)OC(C)(C)C)c2)cc1. The zero-order chi connectivity index (χ0) is 34.7. The fraction of sp³-hybridized carbons (Fsp3) is 0.368.